The lowest BCUT2D eigenvalue weighted by Gasteiger charge is -2.32. The van der Waals surface area contributed by atoms with Crippen molar-refractivity contribution in [3.63, 3.8) is 0 Å². The standard InChI is InChI=1S/C19H24N4O2/c1-3-25-17-9-5-4-8-16(17)20-19(24)15-7-6-12-23(13-15)18-11-10-14(2)21-22-18/h4-5,8-11,15H,3,6-7,12-13H2,1-2H3,(H,20,24). The number of carbonyl (C=O) groups is 1. The van der Waals surface area contributed by atoms with Crippen molar-refractivity contribution in [3.05, 3.63) is 42.1 Å². The Labute approximate surface area is 148 Å². The second-order valence-electron chi connectivity index (χ2n) is 6.24. The highest BCUT2D eigenvalue weighted by atomic mass is 16.5. The van der Waals surface area contributed by atoms with Crippen molar-refractivity contribution in [1.82, 2.24) is 10.2 Å². The summed E-state index contributed by atoms with van der Waals surface area (Å²) in [5.74, 6) is 1.48. The maximum absolute atomic E-state index is 12.7. The first-order valence-electron chi connectivity index (χ1n) is 8.75. The maximum atomic E-state index is 12.7. The van der Waals surface area contributed by atoms with Crippen molar-refractivity contribution in [3.8, 4) is 5.75 Å². The second kappa shape index (κ2) is 7.96. The molecule has 1 saturated heterocycles. The van der Waals surface area contributed by atoms with Crippen molar-refractivity contribution in [2.75, 3.05) is 29.9 Å². The van der Waals surface area contributed by atoms with Gasteiger partial charge in [-0.25, -0.2) is 0 Å². The van der Waals surface area contributed by atoms with Crippen molar-refractivity contribution in [2.45, 2.75) is 26.7 Å². The minimum absolute atomic E-state index is 0.0249. The molecule has 1 atom stereocenters. The normalized spacial score (nSPS) is 17.2. The van der Waals surface area contributed by atoms with E-state index in [9.17, 15) is 4.79 Å². The molecule has 1 aliphatic rings. The van der Waals surface area contributed by atoms with Crippen LogP contribution in [-0.2, 0) is 4.79 Å². The number of carbonyl (C=O) groups excluding carboxylic acids is 1. The number of piperidine rings is 1. The zero-order chi connectivity index (χ0) is 17.6. The van der Waals surface area contributed by atoms with Crippen LogP contribution in [0, 0.1) is 12.8 Å². The third-order valence-electron chi connectivity index (χ3n) is 4.34. The van der Waals surface area contributed by atoms with E-state index >= 15 is 0 Å². The highest BCUT2D eigenvalue weighted by Gasteiger charge is 2.27. The van der Waals surface area contributed by atoms with Gasteiger partial charge in [0.05, 0.1) is 23.9 Å². The number of para-hydroxylation sites is 2. The van der Waals surface area contributed by atoms with Gasteiger partial charge in [0.15, 0.2) is 5.82 Å². The molecule has 0 aliphatic carbocycles. The highest BCUT2D eigenvalue weighted by molar-refractivity contribution is 5.94. The van der Waals surface area contributed by atoms with Crippen molar-refractivity contribution in [1.29, 1.82) is 0 Å². The summed E-state index contributed by atoms with van der Waals surface area (Å²) in [5.41, 5.74) is 1.61. The molecule has 1 aromatic heterocycles. The number of benzene rings is 1. The molecule has 1 aliphatic heterocycles. The molecule has 6 heteroatoms. The number of aryl methyl sites for hydroxylation is 1. The van der Waals surface area contributed by atoms with Gasteiger partial charge in [-0.1, -0.05) is 12.1 Å². The topological polar surface area (TPSA) is 67.3 Å². The summed E-state index contributed by atoms with van der Waals surface area (Å²) in [6, 6.07) is 11.5. The number of nitrogens with zero attached hydrogens (tertiary/aromatic N) is 3. The Bertz CT molecular complexity index is 718. The molecule has 1 aromatic carbocycles. The number of nitrogens with one attached hydrogen (secondary N) is 1. The Morgan fingerprint density at radius 1 is 1.28 bits per heavy atom. The maximum Gasteiger partial charge on any atom is 0.229 e. The average molecular weight is 340 g/mol. The van der Waals surface area contributed by atoms with Gasteiger partial charge in [-0.05, 0) is 51.0 Å². The van der Waals surface area contributed by atoms with E-state index in [1.807, 2.05) is 50.2 Å². The zero-order valence-corrected chi connectivity index (χ0v) is 14.7. The van der Waals surface area contributed by atoms with Crippen LogP contribution in [-0.4, -0.2) is 35.8 Å². The highest BCUT2D eigenvalue weighted by Crippen LogP contribution is 2.27. The quantitative estimate of drug-likeness (QED) is 0.906. The predicted molar refractivity (Wildman–Crippen MR) is 97.9 cm³/mol. The smallest absolute Gasteiger partial charge is 0.229 e. The molecule has 1 unspecified atom stereocenters. The first-order valence-corrected chi connectivity index (χ1v) is 8.75. The van der Waals surface area contributed by atoms with Crippen LogP contribution in [0.15, 0.2) is 36.4 Å². The minimum atomic E-state index is -0.0773. The molecular formula is C19H24N4O2. The van der Waals surface area contributed by atoms with Crippen molar-refractivity contribution < 1.29 is 9.53 Å². The number of aromatic nitrogens is 2. The van der Waals surface area contributed by atoms with Crippen LogP contribution < -0.4 is 15.0 Å². The Hall–Kier alpha value is -2.63. The van der Waals surface area contributed by atoms with Gasteiger partial charge in [0.25, 0.3) is 0 Å². The molecule has 132 valence electrons. The fourth-order valence-corrected chi connectivity index (χ4v) is 3.05. The van der Waals surface area contributed by atoms with E-state index in [4.69, 9.17) is 4.74 Å². The van der Waals surface area contributed by atoms with E-state index < -0.39 is 0 Å². The first kappa shape index (κ1) is 17.2. The lowest BCUT2D eigenvalue weighted by Crippen LogP contribution is -2.41. The van der Waals surface area contributed by atoms with Crippen LogP contribution in [0.1, 0.15) is 25.5 Å². The molecule has 3 rings (SSSR count). The van der Waals surface area contributed by atoms with Gasteiger partial charge in [-0.15, -0.1) is 5.10 Å². The number of ether oxygens (including phenoxy) is 1. The van der Waals surface area contributed by atoms with E-state index in [0.717, 1.165) is 36.6 Å². The molecule has 0 saturated carbocycles. The molecule has 2 aromatic rings. The fourth-order valence-electron chi connectivity index (χ4n) is 3.05. The summed E-state index contributed by atoms with van der Waals surface area (Å²) in [6.45, 7) is 5.97. The van der Waals surface area contributed by atoms with Crippen LogP contribution >= 0.6 is 0 Å². The molecule has 1 fully saturated rings. The molecule has 1 amide bonds. The van der Waals surface area contributed by atoms with Gasteiger partial charge in [-0.2, -0.15) is 5.10 Å². The monoisotopic (exact) mass is 340 g/mol. The summed E-state index contributed by atoms with van der Waals surface area (Å²) >= 11 is 0. The van der Waals surface area contributed by atoms with Crippen molar-refractivity contribution in [2.24, 2.45) is 5.92 Å². The Morgan fingerprint density at radius 2 is 2.12 bits per heavy atom. The molecular weight excluding hydrogens is 316 g/mol. The summed E-state index contributed by atoms with van der Waals surface area (Å²) in [7, 11) is 0. The number of anilines is 2. The van der Waals surface area contributed by atoms with E-state index in [-0.39, 0.29) is 11.8 Å². The zero-order valence-electron chi connectivity index (χ0n) is 14.7. The van der Waals surface area contributed by atoms with E-state index in [2.05, 4.69) is 20.4 Å². The molecule has 0 bridgehead atoms. The average Bonchev–Trinajstić information content (AvgIpc) is 2.64. The number of rotatable bonds is 5. The van der Waals surface area contributed by atoms with E-state index in [0.29, 0.717) is 18.9 Å². The van der Waals surface area contributed by atoms with Gasteiger partial charge in [-0.3, -0.25) is 4.79 Å². The van der Waals surface area contributed by atoms with Crippen molar-refractivity contribution >= 4 is 17.4 Å². The number of hydrogen-bond donors (Lipinski definition) is 1. The summed E-state index contributed by atoms with van der Waals surface area (Å²) in [4.78, 5) is 14.9. The molecule has 1 N–H and O–H groups in total. The van der Waals surface area contributed by atoms with Gasteiger partial charge in [0, 0.05) is 13.1 Å². The van der Waals surface area contributed by atoms with Crippen LogP contribution in [0.3, 0.4) is 0 Å². The van der Waals surface area contributed by atoms with Gasteiger partial charge in [0.2, 0.25) is 5.91 Å². The summed E-state index contributed by atoms with van der Waals surface area (Å²) in [5, 5.41) is 11.4. The number of amides is 1. The van der Waals surface area contributed by atoms with Crippen LogP contribution in [0.2, 0.25) is 0 Å². The van der Waals surface area contributed by atoms with Gasteiger partial charge in [0.1, 0.15) is 5.75 Å². The largest absolute Gasteiger partial charge is 0.492 e. The van der Waals surface area contributed by atoms with Gasteiger partial charge >= 0.3 is 0 Å². The lowest BCUT2D eigenvalue weighted by atomic mass is 9.97. The Morgan fingerprint density at radius 3 is 2.88 bits per heavy atom. The van der Waals surface area contributed by atoms with E-state index in [1.54, 1.807) is 0 Å². The molecule has 0 spiro atoms. The Balaban J connectivity index is 1.67. The fraction of sp³-hybridized carbons (Fsp3) is 0.421. The van der Waals surface area contributed by atoms with Crippen LogP contribution in [0.25, 0.3) is 0 Å². The molecule has 0 radical (unpaired) electrons. The molecule has 2 heterocycles. The minimum Gasteiger partial charge on any atom is -0.492 e. The van der Waals surface area contributed by atoms with E-state index in [1.165, 1.54) is 0 Å². The third kappa shape index (κ3) is 4.26. The molecule has 25 heavy (non-hydrogen) atoms. The lowest BCUT2D eigenvalue weighted by molar-refractivity contribution is -0.120. The second-order valence-corrected chi connectivity index (χ2v) is 6.24. The SMILES string of the molecule is CCOc1ccccc1NC(=O)C1CCCN(c2ccc(C)nn2)C1. The molecule has 6 nitrogen and oxygen atoms in total. The number of hydrogen-bond acceptors (Lipinski definition) is 5. The van der Waals surface area contributed by atoms with Gasteiger partial charge < -0.3 is 15.0 Å². The summed E-state index contributed by atoms with van der Waals surface area (Å²) in [6.07, 6.45) is 1.83. The third-order valence-corrected chi connectivity index (χ3v) is 4.34. The first-order chi connectivity index (χ1) is 12.2. The Kier molecular flexibility index (Phi) is 5.48. The predicted octanol–water partition coefficient (Wildman–Crippen LogP) is 3.04. The van der Waals surface area contributed by atoms with Crippen LogP contribution in [0.4, 0.5) is 11.5 Å². The summed E-state index contributed by atoms with van der Waals surface area (Å²) < 4.78 is 5.58. The van der Waals surface area contributed by atoms with Crippen LogP contribution in [0.5, 0.6) is 5.75 Å².